The molecule has 5 heteroatoms. The Hall–Kier alpha value is -1.88. The molecule has 3 rings (SSSR count). The lowest BCUT2D eigenvalue weighted by Crippen LogP contribution is -2.37. The van der Waals surface area contributed by atoms with Crippen molar-refractivity contribution in [3.63, 3.8) is 0 Å². The van der Waals surface area contributed by atoms with E-state index >= 15 is 0 Å². The van der Waals surface area contributed by atoms with Gasteiger partial charge in [0, 0.05) is 35.1 Å². The van der Waals surface area contributed by atoms with E-state index < -0.39 is 0 Å². The second kappa shape index (κ2) is 8.01. The van der Waals surface area contributed by atoms with Gasteiger partial charge in [-0.05, 0) is 49.4 Å². The smallest absolute Gasteiger partial charge is 0.253 e. The standard InChI is InChI=1S/C22H31N3OS/c1-15-8-10-25(11-9-15)20(26)17-6-7-19(16(2)12-17)23-13-18-14-27-21(24-18)22(3,4)5/h6-7,12,14-15,23H,8-11,13H2,1-5H3. The summed E-state index contributed by atoms with van der Waals surface area (Å²) in [5, 5.41) is 6.75. The molecule has 2 aromatic rings. The molecule has 0 spiro atoms. The van der Waals surface area contributed by atoms with Gasteiger partial charge in [0.1, 0.15) is 0 Å². The number of carbonyl (C=O) groups excluding carboxylic acids is 1. The molecule has 27 heavy (non-hydrogen) atoms. The largest absolute Gasteiger partial charge is 0.379 e. The first-order valence-corrected chi connectivity index (χ1v) is 10.7. The molecule has 0 unspecified atom stereocenters. The SMILES string of the molecule is Cc1cc(C(=O)N2CCC(C)CC2)ccc1NCc1csc(C(C)(C)C)n1. The molecule has 0 atom stereocenters. The molecule has 0 bridgehead atoms. The van der Waals surface area contributed by atoms with Gasteiger partial charge in [-0.1, -0.05) is 27.7 Å². The number of nitrogens with one attached hydrogen (secondary N) is 1. The quantitative estimate of drug-likeness (QED) is 0.783. The Morgan fingerprint density at radius 1 is 1.30 bits per heavy atom. The first-order valence-electron chi connectivity index (χ1n) is 9.82. The predicted octanol–water partition coefficient (Wildman–Crippen LogP) is 5.23. The van der Waals surface area contributed by atoms with E-state index in [-0.39, 0.29) is 11.3 Å². The first kappa shape index (κ1) is 19.9. The third-order valence-corrected chi connectivity index (χ3v) is 6.51. The van der Waals surface area contributed by atoms with E-state index in [1.54, 1.807) is 11.3 Å². The molecule has 1 N–H and O–H groups in total. The van der Waals surface area contributed by atoms with E-state index in [1.165, 1.54) is 0 Å². The minimum absolute atomic E-state index is 0.0904. The van der Waals surface area contributed by atoms with Gasteiger partial charge in [0.05, 0.1) is 17.2 Å². The number of amides is 1. The summed E-state index contributed by atoms with van der Waals surface area (Å²) in [5.74, 6) is 0.887. The van der Waals surface area contributed by atoms with Gasteiger partial charge in [0.25, 0.3) is 5.91 Å². The van der Waals surface area contributed by atoms with Crippen LogP contribution in [0, 0.1) is 12.8 Å². The monoisotopic (exact) mass is 385 g/mol. The number of piperidine rings is 1. The van der Waals surface area contributed by atoms with Crippen molar-refractivity contribution < 1.29 is 4.79 Å². The summed E-state index contributed by atoms with van der Waals surface area (Å²) in [4.78, 5) is 19.5. The molecule has 1 aliphatic heterocycles. The van der Waals surface area contributed by atoms with Gasteiger partial charge in [-0.2, -0.15) is 0 Å². The second-order valence-electron chi connectivity index (χ2n) is 8.75. The summed E-state index contributed by atoms with van der Waals surface area (Å²) in [7, 11) is 0. The minimum Gasteiger partial charge on any atom is -0.379 e. The fraction of sp³-hybridized carbons (Fsp3) is 0.545. The van der Waals surface area contributed by atoms with E-state index in [4.69, 9.17) is 4.98 Å². The van der Waals surface area contributed by atoms with Crippen molar-refractivity contribution in [2.24, 2.45) is 5.92 Å². The van der Waals surface area contributed by atoms with Gasteiger partial charge in [-0.15, -0.1) is 11.3 Å². The molecule has 1 saturated heterocycles. The third-order valence-electron chi connectivity index (χ3n) is 5.20. The van der Waals surface area contributed by atoms with Crippen molar-refractivity contribution in [3.8, 4) is 0 Å². The predicted molar refractivity (Wildman–Crippen MR) is 114 cm³/mol. The van der Waals surface area contributed by atoms with Gasteiger partial charge in [0.2, 0.25) is 0 Å². The molecule has 0 saturated carbocycles. The number of benzene rings is 1. The van der Waals surface area contributed by atoms with Crippen LogP contribution in [0.3, 0.4) is 0 Å². The lowest BCUT2D eigenvalue weighted by molar-refractivity contribution is 0.0697. The normalized spacial score (nSPS) is 15.8. The van der Waals surface area contributed by atoms with Crippen LogP contribution < -0.4 is 5.32 Å². The number of aromatic nitrogens is 1. The third kappa shape index (κ3) is 4.89. The molecular weight excluding hydrogens is 354 g/mol. The van der Waals surface area contributed by atoms with Gasteiger partial charge in [0.15, 0.2) is 0 Å². The molecule has 2 heterocycles. The Balaban J connectivity index is 1.63. The molecule has 1 amide bonds. The van der Waals surface area contributed by atoms with Crippen LogP contribution in [0.4, 0.5) is 5.69 Å². The highest BCUT2D eigenvalue weighted by molar-refractivity contribution is 7.09. The number of thiazole rings is 1. The fourth-order valence-electron chi connectivity index (χ4n) is 3.31. The fourth-order valence-corrected chi connectivity index (χ4v) is 4.21. The van der Waals surface area contributed by atoms with Crippen LogP contribution in [-0.4, -0.2) is 28.9 Å². The number of anilines is 1. The average molecular weight is 386 g/mol. The maximum Gasteiger partial charge on any atom is 0.253 e. The topological polar surface area (TPSA) is 45.2 Å². The lowest BCUT2D eigenvalue weighted by Gasteiger charge is -2.30. The average Bonchev–Trinajstić information content (AvgIpc) is 3.10. The van der Waals surface area contributed by atoms with E-state index in [2.05, 4.69) is 45.3 Å². The summed E-state index contributed by atoms with van der Waals surface area (Å²) in [5.41, 5.74) is 4.09. The molecule has 1 aromatic carbocycles. The van der Waals surface area contributed by atoms with Crippen molar-refractivity contribution in [3.05, 3.63) is 45.4 Å². The summed E-state index contributed by atoms with van der Waals surface area (Å²) in [6, 6.07) is 5.97. The Morgan fingerprint density at radius 2 is 2.00 bits per heavy atom. The molecule has 0 radical (unpaired) electrons. The number of aryl methyl sites for hydroxylation is 1. The maximum atomic E-state index is 12.7. The molecule has 1 aromatic heterocycles. The van der Waals surface area contributed by atoms with E-state index in [9.17, 15) is 4.79 Å². The number of hydrogen-bond acceptors (Lipinski definition) is 4. The zero-order valence-electron chi connectivity index (χ0n) is 17.1. The van der Waals surface area contributed by atoms with Crippen LogP contribution in [0.2, 0.25) is 0 Å². The number of hydrogen-bond donors (Lipinski definition) is 1. The lowest BCUT2D eigenvalue weighted by atomic mass is 9.98. The number of nitrogens with zero attached hydrogens (tertiary/aromatic N) is 2. The Labute approximate surface area is 167 Å². The number of likely N-dealkylation sites (tertiary alicyclic amines) is 1. The Bertz CT molecular complexity index is 798. The van der Waals surface area contributed by atoms with Crippen molar-refractivity contribution in [1.29, 1.82) is 0 Å². The second-order valence-corrected chi connectivity index (χ2v) is 9.61. The van der Waals surface area contributed by atoms with Crippen molar-refractivity contribution in [2.75, 3.05) is 18.4 Å². The molecule has 1 fully saturated rings. The van der Waals surface area contributed by atoms with Crippen LogP contribution in [0.25, 0.3) is 0 Å². The summed E-state index contributed by atoms with van der Waals surface area (Å²) in [6.07, 6.45) is 2.21. The van der Waals surface area contributed by atoms with Crippen molar-refractivity contribution in [1.82, 2.24) is 9.88 Å². The van der Waals surface area contributed by atoms with Crippen molar-refractivity contribution >= 4 is 22.9 Å². The van der Waals surface area contributed by atoms with E-state index in [0.29, 0.717) is 6.54 Å². The van der Waals surface area contributed by atoms with Crippen LogP contribution in [-0.2, 0) is 12.0 Å². The van der Waals surface area contributed by atoms with Crippen LogP contribution in [0.15, 0.2) is 23.6 Å². The maximum absolute atomic E-state index is 12.7. The molecule has 146 valence electrons. The zero-order valence-corrected chi connectivity index (χ0v) is 17.9. The number of rotatable bonds is 4. The van der Waals surface area contributed by atoms with Gasteiger partial charge in [-0.3, -0.25) is 4.79 Å². The van der Waals surface area contributed by atoms with E-state index in [1.807, 2.05) is 23.1 Å². The molecule has 0 aliphatic carbocycles. The van der Waals surface area contributed by atoms with E-state index in [0.717, 1.165) is 59.4 Å². The van der Waals surface area contributed by atoms with Gasteiger partial charge < -0.3 is 10.2 Å². The van der Waals surface area contributed by atoms with Crippen LogP contribution in [0.1, 0.15) is 67.2 Å². The zero-order chi connectivity index (χ0) is 19.6. The highest BCUT2D eigenvalue weighted by atomic mass is 32.1. The van der Waals surface area contributed by atoms with Crippen molar-refractivity contribution in [2.45, 2.75) is 59.4 Å². The number of carbonyl (C=O) groups is 1. The molecule has 4 nitrogen and oxygen atoms in total. The summed E-state index contributed by atoms with van der Waals surface area (Å²) in [6.45, 7) is 13.3. The van der Waals surface area contributed by atoms with Crippen LogP contribution in [0.5, 0.6) is 0 Å². The summed E-state index contributed by atoms with van der Waals surface area (Å²) < 4.78 is 0. The van der Waals surface area contributed by atoms with Gasteiger partial charge in [-0.25, -0.2) is 4.98 Å². The molecule has 1 aliphatic rings. The molecular formula is C22H31N3OS. The van der Waals surface area contributed by atoms with Crippen LogP contribution >= 0.6 is 11.3 Å². The highest BCUT2D eigenvalue weighted by Gasteiger charge is 2.22. The van der Waals surface area contributed by atoms with Gasteiger partial charge >= 0.3 is 0 Å². The Morgan fingerprint density at radius 3 is 2.59 bits per heavy atom. The highest BCUT2D eigenvalue weighted by Crippen LogP contribution is 2.26. The summed E-state index contributed by atoms with van der Waals surface area (Å²) >= 11 is 1.72. The first-order chi connectivity index (χ1) is 12.7. The minimum atomic E-state index is 0.0904. The Kier molecular flexibility index (Phi) is 5.89.